The monoisotopic (exact) mass is 496 g/mol. The van der Waals surface area contributed by atoms with Gasteiger partial charge in [-0.25, -0.2) is 4.68 Å². The van der Waals surface area contributed by atoms with Gasteiger partial charge in [0.2, 0.25) is 5.91 Å². The molecule has 1 unspecified atom stereocenters. The van der Waals surface area contributed by atoms with E-state index in [0.29, 0.717) is 5.75 Å². The molecule has 190 valence electrons. The molecule has 0 saturated carbocycles. The fourth-order valence-electron chi connectivity index (χ4n) is 5.20. The van der Waals surface area contributed by atoms with E-state index < -0.39 is 0 Å². The number of fused-ring (bicyclic) bond motifs is 1. The second-order valence-electron chi connectivity index (χ2n) is 9.28. The van der Waals surface area contributed by atoms with Crippen LogP contribution >= 0.6 is 0 Å². The molecule has 1 N–H and O–H groups in total. The van der Waals surface area contributed by atoms with Crippen molar-refractivity contribution in [1.29, 1.82) is 0 Å². The lowest BCUT2D eigenvalue weighted by atomic mass is 9.87. The van der Waals surface area contributed by atoms with Crippen LogP contribution in [0.1, 0.15) is 34.1 Å². The number of aromatic nitrogens is 2. The van der Waals surface area contributed by atoms with E-state index in [1.807, 2.05) is 73.1 Å². The number of carbonyl (C=O) groups excluding carboxylic acids is 1. The Morgan fingerprint density at radius 3 is 2.30 bits per heavy atom. The molecule has 1 aliphatic heterocycles. The van der Waals surface area contributed by atoms with Gasteiger partial charge in [0, 0.05) is 6.54 Å². The van der Waals surface area contributed by atoms with Crippen molar-refractivity contribution >= 4 is 11.6 Å². The summed E-state index contributed by atoms with van der Waals surface area (Å²) in [5.41, 5.74) is 6.88. The molecule has 0 spiro atoms. The van der Waals surface area contributed by atoms with Crippen molar-refractivity contribution in [2.75, 3.05) is 32.6 Å². The van der Waals surface area contributed by atoms with Crippen LogP contribution in [0.5, 0.6) is 11.5 Å². The Labute approximate surface area is 217 Å². The largest absolute Gasteiger partial charge is 0.493 e. The van der Waals surface area contributed by atoms with Gasteiger partial charge in [-0.1, -0.05) is 48.5 Å². The van der Waals surface area contributed by atoms with Gasteiger partial charge < -0.3 is 14.8 Å². The van der Waals surface area contributed by atoms with Gasteiger partial charge in [-0.2, -0.15) is 5.10 Å². The number of hydrogen-bond donors (Lipinski definition) is 1. The zero-order valence-corrected chi connectivity index (χ0v) is 21.7. The number of carbonyl (C=O) groups is 1. The Balaban J connectivity index is 1.43. The highest BCUT2D eigenvalue weighted by Gasteiger charge is 2.32. The zero-order chi connectivity index (χ0) is 25.9. The number of aryl methyl sites for hydroxylation is 1. The number of amides is 1. The van der Waals surface area contributed by atoms with E-state index in [2.05, 4.69) is 33.5 Å². The summed E-state index contributed by atoms with van der Waals surface area (Å²) in [4.78, 5) is 15.6. The first-order chi connectivity index (χ1) is 18.0. The third-order valence-corrected chi connectivity index (χ3v) is 6.99. The van der Waals surface area contributed by atoms with Gasteiger partial charge in [-0.15, -0.1) is 0 Å². The quantitative estimate of drug-likeness (QED) is 0.386. The maximum Gasteiger partial charge on any atom is 0.238 e. The Bertz CT molecular complexity index is 1400. The maximum absolute atomic E-state index is 13.4. The summed E-state index contributed by atoms with van der Waals surface area (Å²) in [7, 11) is 3.30. The number of anilines is 1. The maximum atomic E-state index is 13.4. The van der Waals surface area contributed by atoms with E-state index in [1.165, 1.54) is 5.56 Å². The van der Waals surface area contributed by atoms with E-state index in [4.69, 9.17) is 9.47 Å². The van der Waals surface area contributed by atoms with Crippen molar-refractivity contribution < 1.29 is 14.3 Å². The van der Waals surface area contributed by atoms with Gasteiger partial charge in [0.25, 0.3) is 0 Å². The first-order valence-corrected chi connectivity index (χ1v) is 12.5. The molecule has 1 aromatic heterocycles. The highest BCUT2D eigenvalue weighted by Crippen LogP contribution is 2.41. The summed E-state index contributed by atoms with van der Waals surface area (Å²) in [5, 5.41) is 7.81. The molecule has 7 nitrogen and oxygen atoms in total. The molecule has 0 saturated heterocycles. The predicted octanol–water partition coefficient (Wildman–Crippen LogP) is 5.09. The molecule has 37 heavy (non-hydrogen) atoms. The number of para-hydroxylation sites is 1. The van der Waals surface area contributed by atoms with Gasteiger partial charge in [-0.05, 0) is 61.2 Å². The minimum atomic E-state index is -0.0789. The van der Waals surface area contributed by atoms with Gasteiger partial charge in [-0.3, -0.25) is 9.69 Å². The van der Waals surface area contributed by atoms with Crippen LogP contribution in [0.3, 0.4) is 0 Å². The van der Waals surface area contributed by atoms with Crippen molar-refractivity contribution in [2.45, 2.75) is 26.3 Å². The Kier molecular flexibility index (Phi) is 6.97. The number of hydrogen-bond acceptors (Lipinski definition) is 5. The first-order valence-electron chi connectivity index (χ1n) is 12.5. The minimum Gasteiger partial charge on any atom is -0.493 e. The molecule has 1 aliphatic rings. The molecule has 2 heterocycles. The number of benzene rings is 3. The smallest absolute Gasteiger partial charge is 0.238 e. The molecule has 4 aromatic rings. The fraction of sp³-hybridized carbons (Fsp3) is 0.267. The molecular weight excluding hydrogens is 464 g/mol. The van der Waals surface area contributed by atoms with Crippen molar-refractivity contribution in [3.8, 4) is 17.2 Å². The summed E-state index contributed by atoms with van der Waals surface area (Å²) in [5.74, 6) is 1.34. The Morgan fingerprint density at radius 1 is 0.973 bits per heavy atom. The molecule has 0 radical (unpaired) electrons. The molecule has 1 amide bonds. The SMILES string of the molecule is COc1cc2c(cc1OC)C(c1ccccc1)N(CC(=O)Nc1c(C)nn(-c3ccccc3)c1C)CC2. The Hall–Kier alpha value is -4.10. The van der Waals surface area contributed by atoms with Crippen LogP contribution < -0.4 is 14.8 Å². The first kappa shape index (κ1) is 24.6. The lowest BCUT2D eigenvalue weighted by Gasteiger charge is -2.37. The predicted molar refractivity (Wildman–Crippen MR) is 145 cm³/mol. The van der Waals surface area contributed by atoms with Crippen molar-refractivity contribution in [2.24, 2.45) is 0 Å². The molecule has 7 heteroatoms. The van der Waals surface area contributed by atoms with Crippen LogP contribution in [0.4, 0.5) is 5.69 Å². The molecule has 3 aromatic carbocycles. The topological polar surface area (TPSA) is 68.6 Å². The normalized spacial score (nSPS) is 15.2. The number of nitrogens with zero attached hydrogens (tertiary/aromatic N) is 3. The molecule has 0 fully saturated rings. The average Bonchev–Trinajstić information content (AvgIpc) is 3.21. The minimum absolute atomic E-state index is 0.0660. The van der Waals surface area contributed by atoms with E-state index in [1.54, 1.807) is 14.2 Å². The van der Waals surface area contributed by atoms with E-state index >= 15 is 0 Å². The van der Waals surface area contributed by atoms with Gasteiger partial charge in [0.15, 0.2) is 11.5 Å². The number of nitrogens with one attached hydrogen (secondary N) is 1. The molecular formula is C30H32N4O3. The standard InChI is InChI=1S/C30H32N4O3/c1-20-29(21(2)34(32-20)24-13-9-6-10-14-24)31-28(35)19-33-16-15-23-17-26(36-3)27(37-4)18-25(23)30(33)22-11-7-5-8-12-22/h5-14,17-18,30H,15-16,19H2,1-4H3,(H,31,35). The summed E-state index contributed by atoms with van der Waals surface area (Å²) < 4.78 is 13.0. The van der Waals surface area contributed by atoms with Gasteiger partial charge in [0.1, 0.15) is 0 Å². The average molecular weight is 497 g/mol. The van der Waals surface area contributed by atoms with Gasteiger partial charge in [0.05, 0.1) is 49.6 Å². The van der Waals surface area contributed by atoms with Crippen LogP contribution in [0, 0.1) is 13.8 Å². The third kappa shape index (κ3) is 4.82. The lowest BCUT2D eigenvalue weighted by Crippen LogP contribution is -2.41. The Morgan fingerprint density at radius 2 is 1.62 bits per heavy atom. The highest BCUT2D eigenvalue weighted by atomic mass is 16.5. The fourth-order valence-corrected chi connectivity index (χ4v) is 5.20. The van der Waals surface area contributed by atoms with Crippen molar-refractivity contribution in [3.63, 3.8) is 0 Å². The summed E-state index contributed by atoms with van der Waals surface area (Å²) >= 11 is 0. The number of methoxy groups -OCH3 is 2. The van der Waals surface area contributed by atoms with Crippen LogP contribution in [0.15, 0.2) is 72.8 Å². The van der Waals surface area contributed by atoms with Crippen molar-refractivity contribution in [3.05, 3.63) is 101 Å². The van der Waals surface area contributed by atoms with Crippen LogP contribution in [0.25, 0.3) is 5.69 Å². The van der Waals surface area contributed by atoms with Crippen LogP contribution in [0.2, 0.25) is 0 Å². The highest BCUT2D eigenvalue weighted by molar-refractivity contribution is 5.93. The summed E-state index contributed by atoms with van der Waals surface area (Å²) in [6.45, 7) is 4.90. The number of ether oxygens (including phenoxy) is 2. The zero-order valence-electron chi connectivity index (χ0n) is 21.7. The van der Waals surface area contributed by atoms with Crippen molar-refractivity contribution in [1.82, 2.24) is 14.7 Å². The van der Waals surface area contributed by atoms with E-state index in [0.717, 1.165) is 52.6 Å². The van der Waals surface area contributed by atoms with Crippen LogP contribution in [-0.4, -0.2) is 47.9 Å². The second-order valence-corrected chi connectivity index (χ2v) is 9.28. The van der Waals surface area contributed by atoms with Crippen LogP contribution in [-0.2, 0) is 11.2 Å². The molecule has 1 atom stereocenters. The summed E-state index contributed by atoms with van der Waals surface area (Å²) in [6, 6.07) is 24.3. The molecule has 0 aliphatic carbocycles. The molecule has 5 rings (SSSR count). The number of rotatable bonds is 7. The third-order valence-electron chi connectivity index (χ3n) is 6.99. The van der Waals surface area contributed by atoms with E-state index in [-0.39, 0.29) is 18.5 Å². The summed E-state index contributed by atoms with van der Waals surface area (Å²) in [6.07, 6.45) is 0.816. The molecule has 0 bridgehead atoms. The lowest BCUT2D eigenvalue weighted by molar-refractivity contribution is -0.117. The van der Waals surface area contributed by atoms with Gasteiger partial charge >= 0.3 is 0 Å². The van der Waals surface area contributed by atoms with E-state index in [9.17, 15) is 4.79 Å². The second kappa shape index (κ2) is 10.5.